The number of Topliss-reactive ketones (excluding diaryl/α,β-unsaturated/α-hetero) is 1. The molecule has 0 aliphatic heterocycles. The maximum atomic E-state index is 12.0. The van der Waals surface area contributed by atoms with Crippen LogP contribution >= 0.6 is 0 Å². The van der Waals surface area contributed by atoms with Crippen LogP contribution in [0.4, 0.5) is 13.2 Å². The molecule has 1 unspecified atom stereocenters. The van der Waals surface area contributed by atoms with E-state index in [2.05, 4.69) is 11.7 Å². The molecule has 0 aromatic carbocycles. The fourth-order valence-corrected chi connectivity index (χ4v) is 3.65. The van der Waals surface area contributed by atoms with E-state index in [4.69, 9.17) is 21.9 Å². The number of hydrogen-bond acceptors (Lipinski definition) is 9. The monoisotopic (exact) mass is 597 g/mol. The van der Waals surface area contributed by atoms with Gasteiger partial charge in [0.2, 0.25) is 0 Å². The van der Waals surface area contributed by atoms with Crippen molar-refractivity contribution in [1.29, 1.82) is 0 Å². The molecule has 0 rings (SSSR count). The highest BCUT2D eigenvalue weighted by molar-refractivity contribution is 5.89. The van der Waals surface area contributed by atoms with Crippen molar-refractivity contribution >= 4 is 23.7 Å². The smallest absolute Gasteiger partial charge is 0.466 e. The van der Waals surface area contributed by atoms with E-state index in [0.717, 1.165) is 12.8 Å². The number of nitrogens with two attached hydrogens (primary N) is 3. The van der Waals surface area contributed by atoms with E-state index in [1.165, 1.54) is 64.2 Å². The Bertz CT molecular complexity index is 720. The number of alkyl halides is 3. The van der Waals surface area contributed by atoms with Crippen LogP contribution in [0, 0.1) is 5.92 Å². The van der Waals surface area contributed by atoms with Crippen molar-refractivity contribution < 1.29 is 41.8 Å². The zero-order valence-electron chi connectivity index (χ0n) is 25.3. The molecule has 12 heteroatoms. The minimum absolute atomic E-state index is 0.0521. The quantitative estimate of drug-likeness (QED) is 0.0859. The van der Waals surface area contributed by atoms with Gasteiger partial charge in [-0.05, 0) is 31.7 Å². The molecule has 0 amide bonds. The third-order valence-corrected chi connectivity index (χ3v) is 6.36. The Morgan fingerprint density at radius 3 is 1.66 bits per heavy atom. The van der Waals surface area contributed by atoms with Crippen LogP contribution < -0.4 is 17.2 Å². The van der Waals surface area contributed by atoms with Crippen LogP contribution in [0.3, 0.4) is 0 Å². The normalized spacial score (nSPS) is 12.7. The maximum Gasteiger partial charge on any atom is 0.491 e. The number of esters is 3. The van der Waals surface area contributed by atoms with Gasteiger partial charge in [0, 0.05) is 12.8 Å². The predicted octanol–water partition coefficient (Wildman–Crippen LogP) is 5.25. The summed E-state index contributed by atoms with van der Waals surface area (Å²) in [5.74, 6) is -4.10. The van der Waals surface area contributed by atoms with E-state index in [1.54, 1.807) is 0 Å². The Hall–Kier alpha value is -2.05. The number of unbranched alkanes of at least 4 members (excludes halogenated alkanes) is 11. The van der Waals surface area contributed by atoms with Crippen molar-refractivity contribution in [2.45, 2.75) is 142 Å². The van der Waals surface area contributed by atoms with Crippen molar-refractivity contribution in [3.8, 4) is 0 Å². The number of ether oxygens (including phenoxy) is 2. The van der Waals surface area contributed by atoms with E-state index in [1.807, 2.05) is 13.8 Å². The van der Waals surface area contributed by atoms with Crippen molar-refractivity contribution in [3.63, 3.8) is 0 Å². The van der Waals surface area contributed by atoms with E-state index < -0.39 is 30.2 Å². The lowest BCUT2D eigenvalue weighted by atomic mass is 9.94. The summed E-state index contributed by atoms with van der Waals surface area (Å²) in [4.78, 5) is 44.2. The van der Waals surface area contributed by atoms with Crippen LogP contribution in [-0.4, -0.2) is 55.1 Å². The zero-order valence-corrected chi connectivity index (χ0v) is 25.3. The number of halogens is 3. The van der Waals surface area contributed by atoms with Crippen LogP contribution in [0.5, 0.6) is 0 Å². The lowest BCUT2D eigenvalue weighted by molar-refractivity contribution is -0.201. The average Bonchev–Trinajstić information content (AvgIpc) is 2.91. The van der Waals surface area contributed by atoms with Gasteiger partial charge in [0.05, 0.1) is 18.7 Å². The molecule has 0 aliphatic carbocycles. The SMILES string of the molecule is CCCCCCCCCCCCCCOC(=O)CCC(N)C(=O)[C@@H](N)C(C)C.NCCCC(=O)OC(=O)C(F)(F)F. The van der Waals surface area contributed by atoms with Crippen molar-refractivity contribution in [1.82, 2.24) is 0 Å². The van der Waals surface area contributed by atoms with Gasteiger partial charge in [-0.15, -0.1) is 0 Å². The molecule has 0 bridgehead atoms. The molecule has 0 spiro atoms. The third-order valence-electron chi connectivity index (χ3n) is 6.36. The van der Waals surface area contributed by atoms with Crippen molar-refractivity contribution in [2.75, 3.05) is 13.2 Å². The molecule has 0 radical (unpaired) electrons. The zero-order chi connectivity index (χ0) is 31.7. The Labute approximate surface area is 243 Å². The maximum absolute atomic E-state index is 12.0. The summed E-state index contributed by atoms with van der Waals surface area (Å²) in [6, 6.07) is -1.25. The van der Waals surface area contributed by atoms with Crippen LogP contribution in [0.1, 0.15) is 124 Å². The van der Waals surface area contributed by atoms with Crippen LogP contribution in [0.2, 0.25) is 0 Å². The summed E-state index contributed by atoms with van der Waals surface area (Å²) in [6.45, 7) is 6.64. The molecule has 0 heterocycles. The molecule has 2 atom stereocenters. The van der Waals surface area contributed by atoms with Gasteiger partial charge in [-0.25, -0.2) is 4.79 Å². The van der Waals surface area contributed by atoms with Gasteiger partial charge < -0.3 is 26.7 Å². The molecule has 9 nitrogen and oxygen atoms in total. The van der Waals surface area contributed by atoms with E-state index in [0.29, 0.717) is 13.0 Å². The molecule has 0 aromatic rings. The first-order chi connectivity index (χ1) is 19.3. The Morgan fingerprint density at radius 1 is 0.732 bits per heavy atom. The van der Waals surface area contributed by atoms with Crippen LogP contribution in [-0.2, 0) is 28.7 Å². The second-order valence-electron chi connectivity index (χ2n) is 10.6. The minimum atomic E-state index is -5.13. The van der Waals surface area contributed by atoms with E-state index in [9.17, 15) is 32.3 Å². The molecular weight excluding hydrogens is 543 g/mol. The second kappa shape index (κ2) is 25.6. The predicted molar refractivity (Wildman–Crippen MR) is 153 cm³/mol. The average molecular weight is 598 g/mol. The second-order valence-corrected chi connectivity index (χ2v) is 10.6. The molecular formula is C29H54F3N3O6. The molecule has 0 saturated carbocycles. The van der Waals surface area contributed by atoms with Crippen LogP contribution in [0.15, 0.2) is 0 Å². The Kier molecular flexibility index (Phi) is 25.7. The number of rotatable bonds is 22. The van der Waals surface area contributed by atoms with Gasteiger partial charge in [-0.3, -0.25) is 14.4 Å². The van der Waals surface area contributed by atoms with Gasteiger partial charge in [-0.2, -0.15) is 13.2 Å². The largest absolute Gasteiger partial charge is 0.491 e. The van der Waals surface area contributed by atoms with E-state index in [-0.39, 0.29) is 43.5 Å². The summed E-state index contributed by atoms with van der Waals surface area (Å²) < 4.78 is 43.1. The number of carbonyl (C=O) groups excluding carboxylic acids is 4. The van der Waals surface area contributed by atoms with Crippen LogP contribution in [0.25, 0.3) is 0 Å². The molecule has 0 saturated heterocycles. The first kappa shape index (κ1) is 41.1. The first-order valence-corrected chi connectivity index (χ1v) is 15.0. The third kappa shape index (κ3) is 25.4. The Morgan fingerprint density at radius 2 is 1.22 bits per heavy atom. The molecule has 6 N–H and O–H groups in total. The summed E-state index contributed by atoms with van der Waals surface area (Å²) in [5.41, 5.74) is 16.6. The van der Waals surface area contributed by atoms with Gasteiger partial charge in [-0.1, -0.05) is 91.4 Å². The summed E-state index contributed by atoms with van der Waals surface area (Å²) in [6.07, 6.45) is 10.6. The topological polar surface area (TPSA) is 165 Å². The van der Waals surface area contributed by atoms with Crippen molar-refractivity contribution in [3.05, 3.63) is 0 Å². The molecule has 242 valence electrons. The highest BCUT2D eigenvalue weighted by atomic mass is 19.4. The summed E-state index contributed by atoms with van der Waals surface area (Å²) in [5, 5.41) is 0. The number of hydrogen-bond donors (Lipinski definition) is 3. The number of carbonyl (C=O) groups is 4. The molecule has 0 aromatic heterocycles. The summed E-state index contributed by atoms with van der Waals surface area (Å²) >= 11 is 0. The molecule has 41 heavy (non-hydrogen) atoms. The lowest BCUT2D eigenvalue weighted by Crippen LogP contribution is -2.46. The lowest BCUT2D eigenvalue weighted by Gasteiger charge is -2.18. The molecule has 0 fully saturated rings. The fraction of sp³-hybridized carbons (Fsp3) is 0.862. The summed E-state index contributed by atoms with van der Waals surface area (Å²) in [7, 11) is 0. The van der Waals surface area contributed by atoms with Crippen molar-refractivity contribution in [2.24, 2.45) is 23.1 Å². The number of ketones is 1. The highest BCUT2D eigenvalue weighted by Gasteiger charge is 2.42. The molecule has 0 aliphatic rings. The van der Waals surface area contributed by atoms with Gasteiger partial charge in [0.25, 0.3) is 0 Å². The Balaban J connectivity index is 0. The van der Waals surface area contributed by atoms with Gasteiger partial charge in [0.15, 0.2) is 5.78 Å². The van der Waals surface area contributed by atoms with Gasteiger partial charge in [0.1, 0.15) is 0 Å². The first-order valence-electron chi connectivity index (χ1n) is 15.0. The highest BCUT2D eigenvalue weighted by Crippen LogP contribution is 2.17. The minimum Gasteiger partial charge on any atom is -0.466 e. The van der Waals surface area contributed by atoms with Gasteiger partial charge >= 0.3 is 24.1 Å². The van der Waals surface area contributed by atoms with E-state index >= 15 is 0 Å². The standard InChI is InChI=1S/C23H46N2O3.C6H8F3NO3/c1-4-5-6-7-8-9-10-11-12-13-14-15-18-28-21(26)17-16-20(24)23(27)22(25)19(2)3;7-6(8,9)5(12)13-4(11)2-1-3-10/h19-20,22H,4-18,24-25H2,1-3H3;1-3,10H2/t20?,22-;/m0./s1. The fourth-order valence-electron chi connectivity index (χ4n) is 3.65.